The van der Waals surface area contributed by atoms with Gasteiger partial charge >= 0.3 is 5.97 Å². The van der Waals surface area contributed by atoms with Crippen molar-refractivity contribution in [2.24, 2.45) is 0 Å². The molecule has 0 saturated carbocycles. The third-order valence-electron chi connectivity index (χ3n) is 3.79. The fraction of sp³-hybridized carbons (Fsp3) is 0.238. The van der Waals surface area contributed by atoms with Crippen molar-refractivity contribution in [1.29, 1.82) is 0 Å². The lowest BCUT2D eigenvalue weighted by molar-refractivity contribution is -0.148. The average molecular weight is 416 g/mol. The topological polar surface area (TPSA) is 55.4 Å². The van der Waals surface area contributed by atoms with Crippen LogP contribution in [-0.4, -0.2) is 18.0 Å². The predicted molar refractivity (Wildman–Crippen MR) is 108 cm³/mol. The Balaban J connectivity index is 1.87. The summed E-state index contributed by atoms with van der Waals surface area (Å²) < 4.78 is 6.06. The van der Waals surface area contributed by atoms with E-state index < -0.39 is 12.1 Å². The number of esters is 1. The van der Waals surface area contributed by atoms with E-state index in [1.807, 2.05) is 36.4 Å². The van der Waals surface area contributed by atoms with Crippen molar-refractivity contribution in [3.63, 3.8) is 0 Å². The quantitative estimate of drug-likeness (QED) is 0.523. The van der Waals surface area contributed by atoms with Gasteiger partial charge in [0.25, 0.3) is 5.91 Å². The number of carbonyl (C=O) groups excluding carboxylic acids is 2. The Morgan fingerprint density at radius 2 is 1.62 bits per heavy atom. The molecule has 0 aliphatic heterocycles. The minimum atomic E-state index is -0.890. The molecule has 0 bridgehead atoms. The lowest BCUT2D eigenvalue weighted by Gasteiger charge is -2.12. The SMILES string of the molecule is CC(C)c1ccc(/C=C/C(=O)O[C@H](C)C(=O)Nc2ccc(Br)cc2)cc1. The van der Waals surface area contributed by atoms with E-state index in [9.17, 15) is 9.59 Å². The molecule has 0 aliphatic rings. The maximum atomic E-state index is 12.1. The molecule has 0 saturated heterocycles. The molecular weight excluding hydrogens is 394 g/mol. The van der Waals surface area contributed by atoms with Crippen LogP contribution in [0.4, 0.5) is 5.69 Å². The van der Waals surface area contributed by atoms with Gasteiger partial charge in [0.05, 0.1) is 0 Å². The molecule has 2 aromatic rings. The van der Waals surface area contributed by atoms with Gasteiger partial charge in [0, 0.05) is 16.2 Å². The van der Waals surface area contributed by atoms with Crippen LogP contribution in [0.5, 0.6) is 0 Å². The van der Waals surface area contributed by atoms with E-state index in [1.165, 1.54) is 18.6 Å². The molecule has 1 amide bonds. The summed E-state index contributed by atoms with van der Waals surface area (Å²) in [5.41, 5.74) is 2.78. The predicted octanol–water partition coefficient (Wildman–Crippen LogP) is 5.16. The van der Waals surface area contributed by atoms with Crippen molar-refractivity contribution in [3.05, 3.63) is 70.2 Å². The van der Waals surface area contributed by atoms with Crippen molar-refractivity contribution in [2.45, 2.75) is 32.8 Å². The van der Waals surface area contributed by atoms with E-state index in [0.29, 0.717) is 11.6 Å². The maximum Gasteiger partial charge on any atom is 0.331 e. The first-order chi connectivity index (χ1) is 12.3. The molecule has 0 radical (unpaired) electrons. The largest absolute Gasteiger partial charge is 0.449 e. The number of carbonyl (C=O) groups is 2. The van der Waals surface area contributed by atoms with Crippen molar-refractivity contribution in [3.8, 4) is 0 Å². The summed E-state index contributed by atoms with van der Waals surface area (Å²) in [4.78, 5) is 24.0. The second kappa shape index (κ2) is 9.34. The second-order valence-electron chi connectivity index (χ2n) is 6.23. The Morgan fingerprint density at radius 3 is 2.19 bits per heavy atom. The molecule has 1 N–H and O–H groups in total. The van der Waals surface area contributed by atoms with E-state index in [0.717, 1.165) is 10.0 Å². The zero-order valence-corrected chi connectivity index (χ0v) is 16.6. The highest BCUT2D eigenvalue weighted by atomic mass is 79.9. The Bertz CT molecular complexity index is 780. The van der Waals surface area contributed by atoms with Crippen LogP contribution in [0.15, 0.2) is 59.1 Å². The highest BCUT2D eigenvalue weighted by Crippen LogP contribution is 2.16. The number of hydrogen-bond acceptors (Lipinski definition) is 3. The van der Waals surface area contributed by atoms with E-state index in [1.54, 1.807) is 18.2 Å². The Hall–Kier alpha value is -2.40. The molecule has 2 aromatic carbocycles. The van der Waals surface area contributed by atoms with Crippen LogP contribution in [-0.2, 0) is 14.3 Å². The number of anilines is 1. The molecule has 0 aliphatic carbocycles. The third-order valence-corrected chi connectivity index (χ3v) is 4.32. The van der Waals surface area contributed by atoms with Gasteiger partial charge in [-0.25, -0.2) is 4.79 Å². The lowest BCUT2D eigenvalue weighted by atomic mass is 10.0. The molecule has 26 heavy (non-hydrogen) atoms. The molecular formula is C21H22BrNO3. The van der Waals surface area contributed by atoms with E-state index in [4.69, 9.17) is 4.74 Å². The lowest BCUT2D eigenvalue weighted by Crippen LogP contribution is -2.29. The highest BCUT2D eigenvalue weighted by molar-refractivity contribution is 9.10. The minimum Gasteiger partial charge on any atom is -0.449 e. The molecule has 0 heterocycles. The normalized spacial score (nSPS) is 12.2. The summed E-state index contributed by atoms with van der Waals surface area (Å²) in [5, 5.41) is 2.70. The van der Waals surface area contributed by atoms with Gasteiger partial charge in [0.2, 0.25) is 0 Å². The molecule has 0 unspecified atom stereocenters. The zero-order valence-electron chi connectivity index (χ0n) is 15.0. The number of ether oxygens (including phenoxy) is 1. The number of rotatable bonds is 6. The Morgan fingerprint density at radius 1 is 1.00 bits per heavy atom. The van der Waals surface area contributed by atoms with Gasteiger partial charge in [-0.2, -0.15) is 0 Å². The summed E-state index contributed by atoms with van der Waals surface area (Å²) >= 11 is 3.33. The van der Waals surface area contributed by atoms with Gasteiger partial charge in [-0.1, -0.05) is 54.0 Å². The van der Waals surface area contributed by atoms with Gasteiger partial charge in [0.1, 0.15) is 0 Å². The Kier molecular flexibility index (Phi) is 7.16. The minimum absolute atomic E-state index is 0.379. The van der Waals surface area contributed by atoms with Gasteiger partial charge in [-0.3, -0.25) is 4.79 Å². The van der Waals surface area contributed by atoms with Crippen LogP contribution in [0.1, 0.15) is 37.8 Å². The summed E-state index contributed by atoms with van der Waals surface area (Å²) in [6.07, 6.45) is 2.11. The van der Waals surface area contributed by atoms with E-state index in [-0.39, 0.29) is 5.91 Å². The molecule has 5 heteroatoms. The molecule has 2 rings (SSSR count). The molecule has 1 atom stereocenters. The molecule has 0 fully saturated rings. The van der Waals surface area contributed by atoms with Gasteiger partial charge < -0.3 is 10.1 Å². The van der Waals surface area contributed by atoms with Crippen LogP contribution in [0, 0.1) is 0 Å². The summed E-state index contributed by atoms with van der Waals surface area (Å²) in [7, 11) is 0. The van der Waals surface area contributed by atoms with Crippen LogP contribution in [0.3, 0.4) is 0 Å². The summed E-state index contributed by atoms with van der Waals surface area (Å²) in [5.74, 6) is -0.477. The zero-order chi connectivity index (χ0) is 19.1. The number of amides is 1. The first kappa shape index (κ1) is 19.9. The Labute approximate surface area is 162 Å². The van der Waals surface area contributed by atoms with Gasteiger partial charge in [-0.05, 0) is 54.3 Å². The number of halogens is 1. The molecule has 0 spiro atoms. The molecule has 0 aromatic heterocycles. The average Bonchev–Trinajstić information content (AvgIpc) is 2.62. The second-order valence-corrected chi connectivity index (χ2v) is 7.15. The standard InChI is InChI=1S/C21H22BrNO3/c1-14(2)17-7-4-16(5-8-17)6-13-20(24)26-15(3)21(25)23-19-11-9-18(22)10-12-19/h4-15H,1-3H3,(H,23,25)/b13-6+/t15-/m1/s1. The number of hydrogen-bond donors (Lipinski definition) is 1. The van der Waals surface area contributed by atoms with Crippen LogP contribution in [0.2, 0.25) is 0 Å². The highest BCUT2D eigenvalue weighted by Gasteiger charge is 2.16. The van der Waals surface area contributed by atoms with Crippen molar-refractivity contribution >= 4 is 39.6 Å². The monoisotopic (exact) mass is 415 g/mol. The van der Waals surface area contributed by atoms with Crippen molar-refractivity contribution in [1.82, 2.24) is 0 Å². The van der Waals surface area contributed by atoms with E-state index >= 15 is 0 Å². The molecule has 136 valence electrons. The van der Waals surface area contributed by atoms with Crippen LogP contribution >= 0.6 is 15.9 Å². The number of benzene rings is 2. The van der Waals surface area contributed by atoms with Crippen LogP contribution in [0.25, 0.3) is 6.08 Å². The van der Waals surface area contributed by atoms with Crippen molar-refractivity contribution < 1.29 is 14.3 Å². The summed E-state index contributed by atoms with van der Waals surface area (Å²) in [6, 6.07) is 15.1. The van der Waals surface area contributed by atoms with Gasteiger partial charge in [-0.15, -0.1) is 0 Å². The molecule has 4 nitrogen and oxygen atoms in total. The maximum absolute atomic E-state index is 12.1. The van der Waals surface area contributed by atoms with Crippen LogP contribution < -0.4 is 5.32 Å². The first-order valence-electron chi connectivity index (χ1n) is 8.40. The number of nitrogens with one attached hydrogen (secondary N) is 1. The summed E-state index contributed by atoms with van der Waals surface area (Å²) in [6.45, 7) is 5.79. The van der Waals surface area contributed by atoms with Gasteiger partial charge in [0.15, 0.2) is 6.10 Å². The van der Waals surface area contributed by atoms with Crippen molar-refractivity contribution in [2.75, 3.05) is 5.32 Å². The fourth-order valence-corrected chi connectivity index (χ4v) is 2.46. The fourth-order valence-electron chi connectivity index (χ4n) is 2.20. The smallest absolute Gasteiger partial charge is 0.331 e. The van der Waals surface area contributed by atoms with E-state index in [2.05, 4.69) is 35.1 Å². The first-order valence-corrected chi connectivity index (χ1v) is 9.19. The third kappa shape index (κ3) is 6.15.